The molecule has 3 N–H and O–H groups in total. The Morgan fingerprint density at radius 2 is 2.04 bits per heavy atom. The van der Waals surface area contributed by atoms with Crippen molar-refractivity contribution in [3.05, 3.63) is 53.3 Å². The lowest BCUT2D eigenvalue weighted by molar-refractivity contribution is 0.422. The third kappa shape index (κ3) is 9.54. The van der Waals surface area contributed by atoms with Crippen LogP contribution in [-0.4, -0.2) is 25.8 Å². The van der Waals surface area contributed by atoms with E-state index in [0.29, 0.717) is 6.54 Å². The van der Waals surface area contributed by atoms with Gasteiger partial charge in [0.1, 0.15) is 11.5 Å². The van der Waals surface area contributed by atoms with Crippen molar-refractivity contribution in [2.75, 3.05) is 19.6 Å². The Kier molecular flexibility index (Phi) is 12.2. The summed E-state index contributed by atoms with van der Waals surface area (Å²) in [6.45, 7) is 9.33. The maximum atomic E-state index is 5.99. The second-order valence-corrected chi connectivity index (χ2v) is 6.35. The van der Waals surface area contributed by atoms with Crippen LogP contribution in [0.2, 0.25) is 0 Å². The quantitative estimate of drug-likeness (QED) is 0.234. The fourth-order valence-corrected chi connectivity index (χ4v) is 2.37. The Morgan fingerprint density at radius 3 is 2.77 bits per heavy atom. The highest BCUT2D eigenvalue weighted by Gasteiger charge is 2.04. The van der Waals surface area contributed by atoms with Gasteiger partial charge in [-0.05, 0) is 37.5 Å². The highest BCUT2D eigenvalue weighted by molar-refractivity contribution is 5.71. The zero-order chi connectivity index (χ0) is 19.0. The molecule has 4 nitrogen and oxygen atoms in total. The van der Waals surface area contributed by atoms with Crippen molar-refractivity contribution < 1.29 is 4.74 Å². The van der Waals surface area contributed by atoms with Gasteiger partial charge in [0, 0.05) is 38.0 Å². The van der Waals surface area contributed by atoms with Crippen molar-refractivity contribution in [1.29, 1.82) is 0 Å². The molecular formula is C22H35N3O. The zero-order valence-corrected chi connectivity index (χ0v) is 16.6. The van der Waals surface area contributed by atoms with E-state index in [1.807, 2.05) is 37.4 Å². The van der Waals surface area contributed by atoms with Crippen molar-refractivity contribution in [3.63, 3.8) is 0 Å². The second kappa shape index (κ2) is 14.3. The number of aliphatic imine (C=N–C) groups is 1. The summed E-state index contributed by atoms with van der Waals surface area (Å²) in [5.74, 6) is 1.71. The van der Waals surface area contributed by atoms with Crippen LogP contribution in [0.5, 0.6) is 5.75 Å². The fourth-order valence-electron chi connectivity index (χ4n) is 2.37. The number of hydrogen-bond acceptors (Lipinski definition) is 4. The molecule has 0 atom stereocenters. The van der Waals surface area contributed by atoms with Crippen molar-refractivity contribution in [3.8, 4) is 5.75 Å². The lowest BCUT2D eigenvalue weighted by Crippen LogP contribution is -2.21. The third-order valence-electron chi connectivity index (χ3n) is 3.95. The topological polar surface area (TPSA) is 59.6 Å². The molecule has 0 fully saturated rings. The molecule has 0 aliphatic rings. The van der Waals surface area contributed by atoms with Gasteiger partial charge in [0.25, 0.3) is 0 Å². The summed E-state index contributed by atoms with van der Waals surface area (Å²) >= 11 is 0. The number of ether oxygens (including phenoxy) is 1. The van der Waals surface area contributed by atoms with Gasteiger partial charge in [0.15, 0.2) is 0 Å². The molecule has 0 amide bonds. The summed E-state index contributed by atoms with van der Waals surface area (Å²) < 4.78 is 5.99. The van der Waals surface area contributed by atoms with Gasteiger partial charge in [0.2, 0.25) is 0 Å². The summed E-state index contributed by atoms with van der Waals surface area (Å²) in [5, 5.41) is 3.47. The van der Waals surface area contributed by atoms with E-state index >= 15 is 0 Å². The first kappa shape index (κ1) is 22.1. The first-order valence-corrected chi connectivity index (χ1v) is 9.72. The Labute approximate surface area is 159 Å². The lowest BCUT2D eigenvalue weighted by Gasteiger charge is -2.13. The van der Waals surface area contributed by atoms with Crippen molar-refractivity contribution in [1.82, 2.24) is 5.32 Å². The molecule has 0 bridgehead atoms. The molecule has 1 aromatic rings. The maximum absolute atomic E-state index is 5.99. The van der Waals surface area contributed by atoms with E-state index in [0.717, 1.165) is 62.4 Å². The average Bonchev–Trinajstić information content (AvgIpc) is 2.65. The molecule has 144 valence electrons. The van der Waals surface area contributed by atoms with Crippen LogP contribution in [0.1, 0.15) is 52.0 Å². The van der Waals surface area contributed by atoms with Crippen LogP contribution < -0.4 is 15.8 Å². The second-order valence-electron chi connectivity index (χ2n) is 6.35. The van der Waals surface area contributed by atoms with E-state index < -0.39 is 0 Å². The first-order chi connectivity index (χ1) is 12.7. The van der Waals surface area contributed by atoms with Gasteiger partial charge < -0.3 is 15.8 Å². The number of nitrogens with one attached hydrogen (secondary N) is 1. The normalized spacial score (nSPS) is 12.8. The van der Waals surface area contributed by atoms with E-state index in [1.165, 1.54) is 5.57 Å². The molecule has 0 saturated heterocycles. The Morgan fingerprint density at radius 1 is 1.23 bits per heavy atom. The van der Waals surface area contributed by atoms with E-state index in [1.54, 1.807) is 0 Å². The number of rotatable bonds is 13. The highest BCUT2D eigenvalue weighted by atomic mass is 16.5. The molecule has 0 heterocycles. The highest BCUT2D eigenvalue weighted by Crippen LogP contribution is 2.20. The number of nitrogens with two attached hydrogens (primary N) is 1. The van der Waals surface area contributed by atoms with Crippen LogP contribution in [-0.2, 0) is 6.54 Å². The minimum Gasteiger partial charge on any atom is -0.462 e. The minimum atomic E-state index is 0.602. The van der Waals surface area contributed by atoms with Crippen molar-refractivity contribution in [2.45, 2.75) is 53.0 Å². The fraction of sp³-hybridized carbons (Fsp3) is 0.500. The van der Waals surface area contributed by atoms with Crippen LogP contribution in [0.15, 0.2) is 52.7 Å². The molecule has 0 radical (unpaired) electrons. The van der Waals surface area contributed by atoms with Crippen molar-refractivity contribution >= 4 is 6.21 Å². The van der Waals surface area contributed by atoms with E-state index in [-0.39, 0.29) is 0 Å². The van der Waals surface area contributed by atoms with Crippen LogP contribution >= 0.6 is 0 Å². The maximum Gasteiger partial charge on any atom is 0.131 e. The SMILES string of the molecule is CCC/C=C(/CN)CNCc1ccccc1O/C(C)=C/C=N\CCCC. The predicted octanol–water partition coefficient (Wildman–Crippen LogP) is 4.61. The van der Waals surface area contributed by atoms with Gasteiger partial charge in [-0.25, -0.2) is 0 Å². The van der Waals surface area contributed by atoms with Gasteiger partial charge in [-0.1, -0.05) is 51.0 Å². The smallest absolute Gasteiger partial charge is 0.131 e. The molecule has 0 spiro atoms. The van der Waals surface area contributed by atoms with Gasteiger partial charge >= 0.3 is 0 Å². The molecular weight excluding hydrogens is 322 g/mol. The molecule has 26 heavy (non-hydrogen) atoms. The van der Waals surface area contributed by atoms with Crippen LogP contribution in [0.4, 0.5) is 0 Å². The Hall–Kier alpha value is -1.91. The van der Waals surface area contributed by atoms with E-state index in [2.05, 4.69) is 36.3 Å². The van der Waals surface area contributed by atoms with Crippen molar-refractivity contribution in [2.24, 2.45) is 10.7 Å². The van der Waals surface area contributed by atoms with E-state index in [4.69, 9.17) is 10.5 Å². The van der Waals surface area contributed by atoms with Gasteiger partial charge in [0.05, 0.1) is 0 Å². The van der Waals surface area contributed by atoms with Gasteiger partial charge in [-0.3, -0.25) is 4.99 Å². The summed E-state index contributed by atoms with van der Waals surface area (Å²) in [6.07, 6.45) is 10.5. The molecule has 1 aromatic carbocycles. The first-order valence-electron chi connectivity index (χ1n) is 9.72. The third-order valence-corrected chi connectivity index (χ3v) is 3.95. The molecule has 1 rings (SSSR count). The number of benzene rings is 1. The molecule has 0 unspecified atom stereocenters. The number of unbranched alkanes of at least 4 members (excludes halogenated alkanes) is 2. The Balaban J connectivity index is 2.58. The number of para-hydroxylation sites is 1. The summed E-state index contributed by atoms with van der Waals surface area (Å²) in [4.78, 5) is 4.36. The standard InChI is InChI=1S/C22H35N3O/c1-4-6-10-20(16-23)17-25-18-21-11-8-9-12-22(21)26-19(3)13-15-24-14-7-5-2/h8-13,15,25H,4-7,14,16-18,23H2,1-3H3/b19-13+,20-10-,24-15-. The van der Waals surface area contributed by atoms with Crippen LogP contribution in [0.25, 0.3) is 0 Å². The Bertz CT molecular complexity index is 591. The number of hydrogen-bond donors (Lipinski definition) is 2. The van der Waals surface area contributed by atoms with Crippen LogP contribution in [0.3, 0.4) is 0 Å². The molecule has 0 aliphatic carbocycles. The largest absolute Gasteiger partial charge is 0.462 e. The average molecular weight is 358 g/mol. The molecule has 0 aromatic heterocycles. The van der Waals surface area contributed by atoms with Crippen LogP contribution in [0, 0.1) is 0 Å². The van der Waals surface area contributed by atoms with E-state index in [9.17, 15) is 0 Å². The number of nitrogens with zero attached hydrogens (tertiary/aromatic N) is 1. The summed E-state index contributed by atoms with van der Waals surface area (Å²) in [5.41, 5.74) is 8.20. The summed E-state index contributed by atoms with van der Waals surface area (Å²) in [6, 6.07) is 8.11. The minimum absolute atomic E-state index is 0.602. The zero-order valence-electron chi connectivity index (χ0n) is 16.6. The molecule has 0 saturated carbocycles. The summed E-state index contributed by atoms with van der Waals surface area (Å²) in [7, 11) is 0. The number of allylic oxidation sites excluding steroid dienone is 3. The monoisotopic (exact) mass is 357 g/mol. The molecule has 0 aliphatic heterocycles. The lowest BCUT2D eigenvalue weighted by atomic mass is 10.1. The van der Waals surface area contributed by atoms with Gasteiger partial charge in [-0.2, -0.15) is 0 Å². The van der Waals surface area contributed by atoms with Gasteiger partial charge in [-0.15, -0.1) is 0 Å². The predicted molar refractivity (Wildman–Crippen MR) is 113 cm³/mol. The molecule has 4 heteroatoms.